The van der Waals surface area contributed by atoms with Gasteiger partial charge in [-0.1, -0.05) is 42.5 Å². The summed E-state index contributed by atoms with van der Waals surface area (Å²) in [6.07, 6.45) is 0. The molecule has 0 radical (unpaired) electrons. The highest BCUT2D eigenvalue weighted by Gasteiger charge is 2.26. The number of nitrogens with zero attached hydrogens (tertiary/aromatic N) is 1. The van der Waals surface area contributed by atoms with Crippen molar-refractivity contribution in [3.05, 3.63) is 82.2 Å². The zero-order valence-corrected chi connectivity index (χ0v) is 11.8. The Bertz CT molecular complexity index is 913. The third-order valence-corrected chi connectivity index (χ3v) is 3.91. The van der Waals surface area contributed by atoms with Crippen LogP contribution in [0.3, 0.4) is 0 Å². The van der Waals surface area contributed by atoms with E-state index in [1.54, 1.807) is 12.1 Å². The van der Waals surface area contributed by atoms with Gasteiger partial charge < -0.3 is 9.84 Å². The normalized spacial score (nSPS) is 17.3. The summed E-state index contributed by atoms with van der Waals surface area (Å²) < 4.78 is 5.91. The maximum atomic E-state index is 12.3. The van der Waals surface area contributed by atoms with Crippen molar-refractivity contribution in [3.8, 4) is 0 Å². The van der Waals surface area contributed by atoms with Gasteiger partial charge in [-0.15, -0.1) is 0 Å². The number of hydrazone groups is 1. The van der Waals surface area contributed by atoms with Crippen molar-refractivity contribution in [1.29, 1.82) is 0 Å². The number of rotatable bonds is 2. The van der Waals surface area contributed by atoms with Crippen LogP contribution in [0.5, 0.6) is 0 Å². The second kappa shape index (κ2) is 5.15. The molecule has 4 nitrogen and oxygen atoms in total. The van der Waals surface area contributed by atoms with Gasteiger partial charge in [-0.2, -0.15) is 5.10 Å². The third kappa shape index (κ3) is 2.09. The van der Waals surface area contributed by atoms with E-state index in [2.05, 4.69) is 22.7 Å². The maximum Gasteiger partial charge on any atom is 0.193 e. The number of fused-ring (bicyclic) bond motifs is 1. The van der Waals surface area contributed by atoms with Crippen LogP contribution in [-0.2, 0) is 0 Å². The van der Waals surface area contributed by atoms with Crippen LogP contribution in [0.4, 0.5) is 0 Å². The van der Waals surface area contributed by atoms with Gasteiger partial charge in [-0.05, 0) is 17.7 Å². The zero-order valence-electron chi connectivity index (χ0n) is 11.8. The summed E-state index contributed by atoms with van der Waals surface area (Å²) in [5, 5.41) is 4.94. The van der Waals surface area contributed by atoms with E-state index in [0.717, 1.165) is 11.3 Å². The number of benzene rings is 2. The lowest BCUT2D eigenvalue weighted by molar-refractivity contribution is 0.588. The Morgan fingerprint density at radius 1 is 1.05 bits per heavy atom. The molecule has 1 aliphatic heterocycles. The first-order valence-corrected chi connectivity index (χ1v) is 7.21. The van der Waals surface area contributed by atoms with Gasteiger partial charge in [0.2, 0.25) is 0 Å². The van der Waals surface area contributed by atoms with Gasteiger partial charge in [-0.25, -0.2) is 0 Å². The first-order valence-electron chi connectivity index (χ1n) is 7.21. The van der Waals surface area contributed by atoms with E-state index in [0.29, 0.717) is 23.3 Å². The van der Waals surface area contributed by atoms with Gasteiger partial charge >= 0.3 is 0 Å². The lowest BCUT2D eigenvalue weighted by Crippen LogP contribution is -2.16. The minimum atomic E-state index is -0.0433. The Kier molecular flexibility index (Phi) is 3.00. The van der Waals surface area contributed by atoms with E-state index >= 15 is 0 Å². The van der Waals surface area contributed by atoms with Crippen molar-refractivity contribution in [2.75, 3.05) is 6.54 Å². The molecule has 1 aliphatic rings. The van der Waals surface area contributed by atoms with E-state index in [9.17, 15) is 4.79 Å². The Morgan fingerprint density at radius 2 is 1.82 bits per heavy atom. The largest absolute Gasteiger partial charge is 0.454 e. The molecule has 1 atom stereocenters. The summed E-state index contributed by atoms with van der Waals surface area (Å²) in [6, 6.07) is 18.9. The molecule has 1 aromatic heterocycles. The number of hydrogen-bond acceptors (Lipinski definition) is 4. The zero-order chi connectivity index (χ0) is 14.9. The smallest absolute Gasteiger partial charge is 0.193 e. The lowest BCUT2D eigenvalue weighted by Gasteiger charge is -2.11. The van der Waals surface area contributed by atoms with Crippen molar-refractivity contribution >= 4 is 16.7 Å². The molecule has 22 heavy (non-hydrogen) atoms. The van der Waals surface area contributed by atoms with Crippen molar-refractivity contribution in [3.63, 3.8) is 0 Å². The van der Waals surface area contributed by atoms with Crippen LogP contribution in [0.1, 0.15) is 17.2 Å². The van der Waals surface area contributed by atoms with Gasteiger partial charge in [0, 0.05) is 12.6 Å². The molecule has 2 aromatic carbocycles. The van der Waals surface area contributed by atoms with Crippen molar-refractivity contribution in [2.45, 2.75) is 5.92 Å². The van der Waals surface area contributed by atoms with Crippen LogP contribution < -0.4 is 10.9 Å². The highest BCUT2D eigenvalue weighted by Crippen LogP contribution is 2.25. The third-order valence-electron chi connectivity index (χ3n) is 3.91. The average Bonchev–Trinajstić information content (AvgIpc) is 3.05. The Labute approximate surface area is 127 Å². The first kappa shape index (κ1) is 12.8. The van der Waals surface area contributed by atoms with Crippen LogP contribution in [-0.4, -0.2) is 12.3 Å². The molecule has 0 saturated carbocycles. The molecule has 0 fully saturated rings. The highest BCUT2D eigenvalue weighted by molar-refractivity contribution is 6.04. The molecule has 108 valence electrons. The summed E-state index contributed by atoms with van der Waals surface area (Å²) in [4.78, 5) is 12.3. The highest BCUT2D eigenvalue weighted by atomic mass is 16.3. The van der Waals surface area contributed by atoms with Crippen LogP contribution in [0, 0.1) is 0 Å². The van der Waals surface area contributed by atoms with Crippen LogP contribution in [0.2, 0.25) is 0 Å². The van der Waals surface area contributed by atoms with Crippen molar-refractivity contribution < 1.29 is 4.42 Å². The lowest BCUT2D eigenvalue weighted by atomic mass is 9.93. The van der Waals surface area contributed by atoms with Gasteiger partial charge in [0.15, 0.2) is 11.2 Å². The summed E-state index contributed by atoms with van der Waals surface area (Å²) in [5.74, 6) is 0.619. The quantitative estimate of drug-likeness (QED) is 0.789. The van der Waals surface area contributed by atoms with E-state index in [1.165, 1.54) is 6.07 Å². The maximum absolute atomic E-state index is 12.3. The number of hydrogen-bond donors (Lipinski definition) is 1. The van der Waals surface area contributed by atoms with Crippen molar-refractivity contribution in [1.82, 2.24) is 5.43 Å². The Hall–Kier alpha value is -2.88. The number of para-hydroxylation sites is 1. The van der Waals surface area contributed by atoms with Gasteiger partial charge in [-0.3, -0.25) is 4.79 Å². The summed E-state index contributed by atoms with van der Waals surface area (Å²) >= 11 is 0. The van der Waals surface area contributed by atoms with E-state index in [4.69, 9.17) is 4.42 Å². The van der Waals surface area contributed by atoms with Crippen LogP contribution in [0.15, 0.2) is 75.0 Å². The minimum absolute atomic E-state index is 0.0433. The van der Waals surface area contributed by atoms with Crippen LogP contribution in [0.25, 0.3) is 11.0 Å². The second-order valence-electron chi connectivity index (χ2n) is 5.29. The van der Waals surface area contributed by atoms with Gasteiger partial charge in [0.25, 0.3) is 0 Å². The summed E-state index contributed by atoms with van der Waals surface area (Å²) in [5.41, 5.74) is 5.49. The van der Waals surface area contributed by atoms with E-state index in [1.807, 2.05) is 30.3 Å². The van der Waals surface area contributed by atoms with Crippen LogP contribution >= 0.6 is 0 Å². The van der Waals surface area contributed by atoms with Gasteiger partial charge in [0.05, 0.1) is 11.3 Å². The fourth-order valence-electron chi connectivity index (χ4n) is 2.81. The molecule has 1 unspecified atom stereocenters. The molecule has 0 amide bonds. The molecule has 0 aliphatic carbocycles. The topological polar surface area (TPSA) is 54.6 Å². The molecule has 1 N–H and O–H groups in total. The second-order valence-corrected chi connectivity index (χ2v) is 5.29. The van der Waals surface area contributed by atoms with E-state index < -0.39 is 0 Å². The molecule has 3 aromatic rings. The fraction of sp³-hybridized carbons (Fsp3) is 0.111. The molecule has 0 bridgehead atoms. The predicted octanol–water partition coefficient (Wildman–Crippen LogP) is 2.88. The average molecular weight is 290 g/mol. The van der Waals surface area contributed by atoms with E-state index in [-0.39, 0.29) is 11.3 Å². The standard InChI is InChI=1S/C18H14N2O2/c21-15-10-17(22-16-9-5-4-8-13(15)16)18-14(11-19-20-18)12-6-2-1-3-7-12/h1-10,14,19H,11H2. The SMILES string of the molecule is O=c1cc(C2=NNCC2c2ccccc2)oc2ccccc12. The molecule has 0 saturated heterocycles. The Morgan fingerprint density at radius 3 is 2.68 bits per heavy atom. The molecular weight excluding hydrogens is 276 g/mol. The summed E-state index contributed by atoms with van der Waals surface area (Å²) in [7, 11) is 0. The predicted molar refractivity (Wildman–Crippen MR) is 86.2 cm³/mol. The summed E-state index contributed by atoms with van der Waals surface area (Å²) in [6.45, 7) is 0.704. The van der Waals surface area contributed by atoms with Crippen molar-refractivity contribution in [2.24, 2.45) is 5.10 Å². The van der Waals surface area contributed by atoms with Gasteiger partial charge in [0.1, 0.15) is 11.3 Å². The molecule has 2 heterocycles. The molecular formula is C18H14N2O2. The fourth-order valence-corrected chi connectivity index (χ4v) is 2.81. The molecule has 0 spiro atoms. The first-order chi connectivity index (χ1) is 10.8. The monoisotopic (exact) mass is 290 g/mol. The Balaban J connectivity index is 1.83. The number of nitrogens with one attached hydrogen (secondary N) is 1. The molecule has 4 heteroatoms. The molecule has 4 rings (SSSR count). The minimum Gasteiger partial charge on any atom is -0.454 e.